The molecule has 39 heavy (non-hydrogen) atoms. The van der Waals surface area contributed by atoms with Gasteiger partial charge in [-0.2, -0.15) is 5.10 Å². The maximum absolute atomic E-state index is 15.2. The van der Waals surface area contributed by atoms with Gasteiger partial charge in [0.2, 0.25) is 0 Å². The predicted octanol–water partition coefficient (Wildman–Crippen LogP) is 4.87. The largest absolute Gasteiger partial charge is 0.382 e. The third-order valence-corrected chi connectivity index (χ3v) is 6.45. The number of hydrogen-bond donors (Lipinski definition) is 2. The molecule has 1 amide bonds. The molecule has 3 aromatic rings. The highest BCUT2D eigenvalue weighted by atomic mass is 35.5. The van der Waals surface area contributed by atoms with E-state index in [0.29, 0.717) is 27.5 Å². The van der Waals surface area contributed by atoms with Gasteiger partial charge in [-0.1, -0.05) is 42.8 Å². The molecule has 2 atom stereocenters. The number of carbonyl (C=O) groups excluding carboxylic acids is 1. The van der Waals surface area contributed by atoms with Gasteiger partial charge in [0.25, 0.3) is 5.91 Å². The van der Waals surface area contributed by atoms with Crippen molar-refractivity contribution in [2.45, 2.75) is 32.4 Å². The zero-order valence-electron chi connectivity index (χ0n) is 21.8. The molecule has 0 saturated heterocycles. The van der Waals surface area contributed by atoms with Crippen LogP contribution in [0.3, 0.4) is 0 Å². The molecule has 4 rings (SSSR count). The first-order chi connectivity index (χ1) is 18.9. The molecule has 0 aliphatic carbocycles. The minimum absolute atomic E-state index is 0.0311. The molecule has 1 aliphatic heterocycles. The summed E-state index contributed by atoms with van der Waals surface area (Å²) in [6, 6.07) is 9.75. The molecule has 11 heteroatoms. The van der Waals surface area contributed by atoms with Crippen LogP contribution in [0.15, 0.2) is 71.0 Å². The maximum Gasteiger partial charge on any atom is 0.259 e. The lowest BCUT2D eigenvalue weighted by Crippen LogP contribution is -2.42. The number of benzene rings is 2. The Kier molecular flexibility index (Phi) is 9.00. The minimum atomic E-state index is -1.14. The van der Waals surface area contributed by atoms with E-state index in [1.807, 2.05) is 19.1 Å². The zero-order chi connectivity index (χ0) is 27.9. The second-order valence-electron chi connectivity index (χ2n) is 8.64. The van der Waals surface area contributed by atoms with E-state index in [0.717, 1.165) is 12.1 Å². The van der Waals surface area contributed by atoms with E-state index in [2.05, 4.69) is 25.5 Å². The molecule has 1 aromatic heterocycles. The number of hydrogen-bond acceptors (Lipinski definition) is 8. The molecule has 1 aliphatic rings. The number of nitrogens with two attached hydrogens (primary N) is 1. The molecular weight excluding hydrogens is 521 g/mol. The summed E-state index contributed by atoms with van der Waals surface area (Å²) in [7, 11) is 1.53. The highest BCUT2D eigenvalue weighted by molar-refractivity contribution is 6.32. The summed E-state index contributed by atoms with van der Waals surface area (Å²) in [5.41, 5.74) is 12.0. The molecule has 0 bridgehead atoms. The fraction of sp³-hybridized carbons (Fsp3) is 0.250. The number of hydrazone groups is 1. The van der Waals surface area contributed by atoms with Crippen molar-refractivity contribution in [3.05, 3.63) is 88.5 Å². The third kappa shape index (κ3) is 5.97. The van der Waals surface area contributed by atoms with Gasteiger partial charge in [-0.05, 0) is 43.2 Å². The maximum atomic E-state index is 15.2. The van der Waals surface area contributed by atoms with Crippen molar-refractivity contribution in [1.29, 1.82) is 0 Å². The molecule has 2 aromatic carbocycles. The van der Waals surface area contributed by atoms with Crippen molar-refractivity contribution in [3.8, 4) is 11.4 Å². The average molecular weight is 550 g/mol. The van der Waals surface area contributed by atoms with E-state index in [1.165, 1.54) is 24.1 Å². The van der Waals surface area contributed by atoms with Gasteiger partial charge in [-0.3, -0.25) is 15.1 Å². The Morgan fingerprint density at radius 1 is 1.28 bits per heavy atom. The Hall–Kier alpha value is -4.15. The number of halogens is 2. The van der Waals surface area contributed by atoms with Crippen molar-refractivity contribution in [2.75, 3.05) is 13.7 Å². The Balaban J connectivity index is 1.67. The van der Waals surface area contributed by atoms with Gasteiger partial charge in [-0.15, -0.1) is 0 Å². The Bertz CT molecular complexity index is 1430. The zero-order valence-corrected chi connectivity index (χ0v) is 22.6. The summed E-state index contributed by atoms with van der Waals surface area (Å²) in [5, 5.41) is 4.63. The van der Waals surface area contributed by atoms with Crippen LogP contribution in [-0.4, -0.2) is 46.7 Å². The second-order valence-corrected chi connectivity index (χ2v) is 9.05. The van der Waals surface area contributed by atoms with Crippen LogP contribution >= 0.6 is 11.6 Å². The second kappa shape index (κ2) is 12.6. The van der Waals surface area contributed by atoms with Gasteiger partial charge in [0.05, 0.1) is 18.3 Å². The molecule has 2 unspecified atom stereocenters. The van der Waals surface area contributed by atoms with Crippen molar-refractivity contribution >= 4 is 35.4 Å². The summed E-state index contributed by atoms with van der Waals surface area (Å²) >= 11 is 6.54. The standard InChI is InChI=1S/C28H29ClFN7O2/c1-4-7-23(36-34-5-2)20-14-17(9-11-21(20)29)24(16-39-3)37-27(38)25(35-28(37)31)19-10-8-18(15-22(19)30)26-32-12-6-13-33-26/h5-15,24-25,36H,4,16H2,1-3H3,(H2,31,35)/b23-7+,34-5-. The van der Waals surface area contributed by atoms with E-state index in [1.54, 1.807) is 49.8 Å². The molecule has 2 heterocycles. The average Bonchev–Trinajstić information content (AvgIpc) is 3.23. The number of methoxy groups -OCH3 is 1. The van der Waals surface area contributed by atoms with Crippen LogP contribution in [-0.2, 0) is 9.53 Å². The van der Waals surface area contributed by atoms with E-state index in [-0.39, 0.29) is 18.1 Å². The number of aliphatic imine (C=N–C) groups is 1. The highest BCUT2D eigenvalue weighted by Gasteiger charge is 2.40. The molecule has 0 fully saturated rings. The fourth-order valence-electron chi connectivity index (χ4n) is 4.33. The van der Waals surface area contributed by atoms with Crippen LogP contribution in [0.4, 0.5) is 4.39 Å². The lowest BCUT2D eigenvalue weighted by atomic mass is 9.99. The Morgan fingerprint density at radius 2 is 2.05 bits per heavy atom. The smallest absolute Gasteiger partial charge is 0.259 e. The van der Waals surface area contributed by atoms with Crippen LogP contribution in [0, 0.1) is 5.82 Å². The summed E-state index contributed by atoms with van der Waals surface area (Å²) in [5.74, 6) is -0.728. The molecule has 202 valence electrons. The van der Waals surface area contributed by atoms with E-state index in [4.69, 9.17) is 22.1 Å². The Labute approximate surface area is 231 Å². The number of allylic oxidation sites excluding steroid dienone is 1. The molecular formula is C28H29ClFN7O2. The lowest BCUT2D eigenvalue weighted by Gasteiger charge is -2.28. The summed E-state index contributed by atoms with van der Waals surface area (Å²) < 4.78 is 20.7. The minimum Gasteiger partial charge on any atom is -0.382 e. The van der Waals surface area contributed by atoms with Crippen LogP contribution in [0.25, 0.3) is 17.1 Å². The number of aromatic nitrogens is 2. The van der Waals surface area contributed by atoms with Crippen LogP contribution < -0.4 is 11.2 Å². The topological polar surface area (TPSA) is 118 Å². The van der Waals surface area contributed by atoms with E-state index >= 15 is 4.39 Å². The quantitative estimate of drug-likeness (QED) is 0.275. The molecule has 0 radical (unpaired) electrons. The van der Waals surface area contributed by atoms with Gasteiger partial charge in [-0.25, -0.2) is 19.4 Å². The van der Waals surface area contributed by atoms with Gasteiger partial charge < -0.3 is 10.5 Å². The fourth-order valence-corrected chi connectivity index (χ4v) is 4.55. The first-order valence-corrected chi connectivity index (χ1v) is 12.7. The first-order valence-electron chi connectivity index (χ1n) is 12.3. The van der Waals surface area contributed by atoms with E-state index < -0.39 is 23.8 Å². The molecule has 3 N–H and O–H groups in total. The van der Waals surface area contributed by atoms with Crippen LogP contribution in [0.2, 0.25) is 5.02 Å². The number of carbonyl (C=O) groups is 1. The number of guanidine groups is 1. The highest BCUT2D eigenvalue weighted by Crippen LogP contribution is 2.36. The normalized spacial score (nSPS) is 16.6. The van der Waals surface area contributed by atoms with Gasteiger partial charge >= 0.3 is 0 Å². The molecule has 9 nitrogen and oxygen atoms in total. The number of nitrogens with zero attached hydrogens (tertiary/aromatic N) is 5. The Morgan fingerprint density at radius 3 is 2.72 bits per heavy atom. The van der Waals surface area contributed by atoms with Crippen LogP contribution in [0.5, 0.6) is 0 Å². The number of amides is 1. The van der Waals surface area contributed by atoms with Crippen LogP contribution in [0.1, 0.15) is 49.0 Å². The van der Waals surface area contributed by atoms with Crippen molar-refractivity contribution in [1.82, 2.24) is 20.3 Å². The number of rotatable bonds is 10. The van der Waals surface area contributed by atoms with Crippen molar-refractivity contribution in [2.24, 2.45) is 15.8 Å². The van der Waals surface area contributed by atoms with Crippen molar-refractivity contribution < 1.29 is 13.9 Å². The van der Waals surface area contributed by atoms with Gasteiger partial charge in [0.1, 0.15) is 5.82 Å². The number of ether oxygens (including phenoxy) is 1. The monoisotopic (exact) mass is 549 g/mol. The third-order valence-electron chi connectivity index (χ3n) is 6.12. The summed E-state index contributed by atoms with van der Waals surface area (Å²) in [6.07, 6.45) is 7.49. The van der Waals surface area contributed by atoms with Gasteiger partial charge in [0, 0.05) is 47.4 Å². The first kappa shape index (κ1) is 27.9. The SMILES string of the molecule is C/C=N\N/C(=C/CC)c1cc(C(COC)N2C(=O)C(c3ccc(-c4ncccn4)cc3F)N=C2N)ccc1Cl. The predicted molar refractivity (Wildman–Crippen MR) is 150 cm³/mol. The summed E-state index contributed by atoms with van der Waals surface area (Å²) in [4.78, 5) is 27.6. The van der Waals surface area contributed by atoms with Gasteiger partial charge in [0.15, 0.2) is 17.8 Å². The summed E-state index contributed by atoms with van der Waals surface area (Å²) in [6.45, 7) is 3.92. The lowest BCUT2D eigenvalue weighted by molar-refractivity contribution is -0.130. The van der Waals surface area contributed by atoms with E-state index in [9.17, 15) is 4.79 Å². The molecule has 0 spiro atoms. The molecule has 0 saturated carbocycles. The number of nitrogens with one attached hydrogen (secondary N) is 1. The van der Waals surface area contributed by atoms with Crippen molar-refractivity contribution in [3.63, 3.8) is 0 Å².